The van der Waals surface area contributed by atoms with Gasteiger partial charge in [0.15, 0.2) is 34.9 Å². The highest BCUT2D eigenvalue weighted by atomic mass is 19.2. The third kappa shape index (κ3) is 2.61. The molecule has 8 heteroatoms. The van der Waals surface area contributed by atoms with Gasteiger partial charge in [-0.05, 0) is 23.3 Å². The molecule has 26 heavy (non-hydrogen) atoms. The molecular weight excluding hydrogens is 368 g/mol. The Balaban J connectivity index is 2.42. The molecule has 0 fully saturated rings. The zero-order valence-electron chi connectivity index (χ0n) is 12.5. The van der Waals surface area contributed by atoms with Crippen molar-refractivity contribution in [2.45, 2.75) is 0 Å². The van der Waals surface area contributed by atoms with Gasteiger partial charge in [0.1, 0.15) is 5.82 Å². The summed E-state index contributed by atoms with van der Waals surface area (Å²) in [5, 5.41) is 0. The molecule has 0 N–H and O–H groups in total. The van der Waals surface area contributed by atoms with E-state index in [-0.39, 0.29) is 0 Å². The van der Waals surface area contributed by atoms with Crippen LogP contribution < -0.4 is 0 Å². The van der Waals surface area contributed by atoms with Crippen molar-refractivity contribution >= 4 is 0 Å². The highest BCUT2D eigenvalue weighted by molar-refractivity contribution is 5.84. The van der Waals surface area contributed by atoms with Gasteiger partial charge in [0.2, 0.25) is 5.82 Å². The normalized spacial score (nSPS) is 11.1. The molecule has 0 spiro atoms. The lowest BCUT2D eigenvalue weighted by molar-refractivity contribution is 0.381. The van der Waals surface area contributed by atoms with Gasteiger partial charge in [0.05, 0.1) is 11.1 Å². The van der Waals surface area contributed by atoms with Crippen LogP contribution in [0.3, 0.4) is 0 Å². The van der Waals surface area contributed by atoms with Crippen molar-refractivity contribution in [1.29, 1.82) is 0 Å². The fourth-order valence-electron chi connectivity index (χ4n) is 2.53. The van der Waals surface area contributed by atoms with E-state index in [1.54, 1.807) is 0 Å². The molecule has 3 aromatic rings. The molecular formula is C18H6F8. The summed E-state index contributed by atoms with van der Waals surface area (Å²) in [6, 6.07) is 5.30. The SMILES string of the molecule is Fc1ccc(F)c(-c2ccccc2-c2c(F)c(F)c(F)c(F)c2F)c1F. The first-order chi connectivity index (χ1) is 12.3. The first kappa shape index (κ1) is 17.9. The number of benzene rings is 3. The second-order valence-electron chi connectivity index (χ2n) is 5.21. The maximum Gasteiger partial charge on any atom is 0.200 e. The molecule has 0 saturated heterocycles. The Morgan fingerprint density at radius 1 is 0.385 bits per heavy atom. The summed E-state index contributed by atoms with van der Waals surface area (Å²) in [7, 11) is 0. The Bertz CT molecular complexity index is 997. The fourth-order valence-corrected chi connectivity index (χ4v) is 2.53. The first-order valence-corrected chi connectivity index (χ1v) is 7.00. The Kier molecular flexibility index (Phi) is 4.43. The fraction of sp³-hybridized carbons (Fsp3) is 0. The van der Waals surface area contributed by atoms with Gasteiger partial charge in [-0.2, -0.15) is 0 Å². The molecule has 3 rings (SSSR count). The van der Waals surface area contributed by atoms with Crippen molar-refractivity contribution in [3.05, 3.63) is 82.9 Å². The highest BCUT2D eigenvalue weighted by Crippen LogP contribution is 2.39. The smallest absolute Gasteiger partial charge is 0.200 e. The maximum absolute atomic E-state index is 14.1. The Hall–Kier alpha value is -2.90. The second kappa shape index (κ2) is 6.44. The van der Waals surface area contributed by atoms with Crippen LogP contribution in [0, 0.1) is 46.5 Å². The van der Waals surface area contributed by atoms with Crippen molar-refractivity contribution < 1.29 is 35.1 Å². The van der Waals surface area contributed by atoms with E-state index in [1.807, 2.05) is 0 Å². The molecule has 0 aromatic heterocycles. The van der Waals surface area contributed by atoms with Gasteiger partial charge >= 0.3 is 0 Å². The molecule has 134 valence electrons. The average molecular weight is 374 g/mol. The van der Waals surface area contributed by atoms with Crippen molar-refractivity contribution in [2.75, 3.05) is 0 Å². The lowest BCUT2D eigenvalue weighted by Crippen LogP contribution is -2.05. The van der Waals surface area contributed by atoms with Gasteiger partial charge in [-0.15, -0.1) is 0 Å². The summed E-state index contributed by atoms with van der Waals surface area (Å²) in [5.41, 5.74) is -3.64. The standard InChI is InChI=1S/C18H6F8/c19-9-5-6-10(20)13(21)11(9)7-3-1-2-4-8(7)12-14(22)16(24)18(26)17(25)15(12)23/h1-6H. The molecule has 0 aliphatic carbocycles. The van der Waals surface area contributed by atoms with Gasteiger partial charge in [-0.3, -0.25) is 0 Å². The van der Waals surface area contributed by atoms with E-state index in [0.717, 1.165) is 18.2 Å². The molecule has 3 aromatic carbocycles. The second-order valence-corrected chi connectivity index (χ2v) is 5.21. The molecule has 0 atom stereocenters. The van der Waals surface area contributed by atoms with Crippen LogP contribution in [0.4, 0.5) is 35.1 Å². The predicted octanol–water partition coefficient (Wildman–Crippen LogP) is 6.13. The van der Waals surface area contributed by atoms with E-state index in [1.165, 1.54) is 6.07 Å². The van der Waals surface area contributed by atoms with Crippen molar-refractivity contribution in [2.24, 2.45) is 0 Å². The van der Waals surface area contributed by atoms with Crippen LogP contribution in [-0.4, -0.2) is 0 Å². The molecule has 0 aliphatic rings. The van der Waals surface area contributed by atoms with E-state index in [0.29, 0.717) is 12.1 Å². The van der Waals surface area contributed by atoms with E-state index in [2.05, 4.69) is 0 Å². The first-order valence-electron chi connectivity index (χ1n) is 7.00. The monoisotopic (exact) mass is 374 g/mol. The summed E-state index contributed by atoms with van der Waals surface area (Å²) < 4.78 is 110. The van der Waals surface area contributed by atoms with Crippen LogP contribution in [0.5, 0.6) is 0 Å². The average Bonchev–Trinajstić information content (AvgIpc) is 2.63. The van der Waals surface area contributed by atoms with Gasteiger partial charge in [0.25, 0.3) is 0 Å². The van der Waals surface area contributed by atoms with E-state index in [4.69, 9.17) is 0 Å². The van der Waals surface area contributed by atoms with Crippen molar-refractivity contribution in [3.8, 4) is 22.3 Å². The lowest BCUT2D eigenvalue weighted by Gasteiger charge is -2.14. The minimum Gasteiger partial charge on any atom is -0.206 e. The number of rotatable bonds is 2. The maximum atomic E-state index is 14.1. The van der Waals surface area contributed by atoms with Gasteiger partial charge in [0, 0.05) is 0 Å². The van der Waals surface area contributed by atoms with Crippen molar-refractivity contribution in [3.63, 3.8) is 0 Å². The molecule has 0 nitrogen and oxygen atoms in total. The molecule has 0 unspecified atom stereocenters. The Labute approximate surface area is 141 Å². The molecule has 0 amide bonds. The van der Waals surface area contributed by atoms with Crippen LogP contribution >= 0.6 is 0 Å². The predicted molar refractivity (Wildman–Crippen MR) is 77.0 cm³/mol. The van der Waals surface area contributed by atoms with E-state index < -0.39 is 68.8 Å². The minimum atomic E-state index is -2.37. The molecule has 0 heterocycles. The summed E-state index contributed by atoms with van der Waals surface area (Å²) >= 11 is 0. The van der Waals surface area contributed by atoms with E-state index in [9.17, 15) is 35.1 Å². The molecule has 0 aliphatic heterocycles. The molecule has 0 saturated carbocycles. The summed E-state index contributed by atoms with van der Waals surface area (Å²) in [6.07, 6.45) is 0. The van der Waals surface area contributed by atoms with Crippen LogP contribution in [-0.2, 0) is 0 Å². The minimum absolute atomic E-state index is 0.495. The number of hydrogen-bond acceptors (Lipinski definition) is 0. The lowest BCUT2D eigenvalue weighted by atomic mass is 9.93. The van der Waals surface area contributed by atoms with Crippen LogP contribution in [0.15, 0.2) is 36.4 Å². The summed E-state index contributed by atoms with van der Waals surface area (Å²) in [5.74, 6) is -15.5. The van der Waals surface area contributed by atoms with E-state index >= 15 is 0 Å². The number of halogens is 8. The van der Waals surface area contributed by atoms with Gasteiger partial charge < -0.3 is 0 Å². The van der Waals surface area contributed by atoms with Crippen LogP contribution in [0.25, 0.3) is 22.3 Å². The molecule has 0 radical (unpaired) electrons. The quantitative estimate of drug-likeness (QED) is 0.287. The Morgan fingerprint density at radius 2 is 0.808 bits per heavy atom. The van der Waals surface area contributed by atoms with Crippen molar-refractivity contribution in [1.82, 2.24) is 0 Å². The molecule has 0 bridgehead atoms. The largest absolute Gasteiger partial charge is 0.206 e. The van der Waals surface area contributed by atoms with Crippen LogP contribution in [0.2, 0.25) is 0 Å². The van der Waals surface area contributed by atoms with Gasteiger partial charge in [-0.1, -0.05) is 24.3 Å². The number of hydrogen-bond donors (Lipinski definition) is 0. The zero-order chi connectivity index (χ0) is 19.2. The Morgan fingerprint density at radius 3 is 1.35 bits per heavy atom. The summed E-state index contributed by atoms with van der Waals surface area (Å²) in [4.78, 5) is 0. The van der Waals surface area contributed by atoms with Gasteiger partial charge in [-0.25, -0.2) is 35.1 Å². The highest BCUT2D eigenvalue weighted by Gasteiger charge is 2.29. The third-order valence-electron chi connectivity index (χ3n) is 3.72. The topological polar surface area (TPSA) is 0 Å². The summed E-state index contributed by atoms with van der Waals surface area (Å²) in [6.45, 7) is 0. The third-order valence-corrected chi connectivity index (χ3v) is 3.72. The zero-order valence-corrected chi connectivity index (χ0v) is 12.5. The van der Waals surface area contributed by atoms with Crippen LogP contribution in [0.1, 0.15) is 0 Å².